The normalized spacial score (nSPS) is 18.2. The van der Waals surface area contributed by atoms with E-state index in [-0.39, 0.29) is 18.3 Å². The van der Waals surface area contributed by atoms with Gasteiger partial charge >= 0.3 is 0 Å². The first kappa shape index (κ1) is 17.7. The fourth-order valence-corrected chi connectivity index (χ4v) is 3.01. The summed E-state index contributed by atoms with van der Waals surface area (Å²) in [6, 6.07) is 5.87. The summed E-state index contributed by atoms with van der Waals surface area (Å²) in [7, 11) is 0. The van der Waals surface area contributed by atoms with Gasteiger partial charge in [-0.3, -0.25) is 4.79 Å². The molecular formula is C15H22ClIN2O. The summed E-state index contributed by atoms with van der Waals surface area (Å²) in [4.78, 5) is 12.1. The molecule has 1 aromatic carbocycles. The maximum absolute atomic E-state index is 12.1. The third-order valence-corrected chi connectivity index (χ3v) is 4.92. The van der Waals surface area contributed by atoms with E-state index >= 15 is 0 Å². The molecule has 0 aliphatic carbocycles. The number of hydrogen-bond donors (Lipinski definition) is 2. The van der Waals surface area contributed by atoms with E-state index in [0.29, 0.717) is 5.92 Å². The number of carbonyl (C=O) groups excluding carboxylic acids is 1. The van der Waals surface area contributed by atoms with Crippen LogP contribution in [-0.4, -0.2) is 25.5 Å². The number of benzene rings is 1. The molecular weight excluding hydrogens is 387 g/mol. The molecule has 3 nitrogen and oxygen atoms in total. The molecule has 1 amide bonds. The van der Waals surface area contributed by atoms with Crippen molar-refractivity contribution in [2.45, 2.75) is 26.2 Å². The minimum absolute atomic E-state index is 0. The molecule has 112 valence electrons. The number of rotatable bonds is 4. The summed E-state index contributed by atoms with van der Waals surface area (Å²) in [5.41, 5.74) is 1.87. The second-order valence-corrected chi connectivity index (χ2v) is 6.33. The molecule has 1 fully saturated rings. The highest BCUT2D eigenvalue weighted by Gasteiger charge is 2.14. The summed E-state index contributed by atoms with van der Waals surface area (Å²) in [6.07, 6.45) is 3.61. The van der Waals surface area contributed by atoms with Crippen LogP contribution in [-0.2, 0) is 0 Å². The van der Waals surface area contributed by atoms with E-state index in [9.17, 15) is 4.79 Å². The lowest BCUT2D eigenvalue weighted by Gasteiger charge is -2.22. The Hall–Kier alpha value is -0.330. The van der Waals surface area contributed by atoms with Crippen LogP contribution in [0, 0.1) is 16.4 Å². The van der Waals surface area contributed by atoms with Gasteiger partial charge in [-0.25, -0.2) is 0 Å². The third kappa shape index (κ3) is 4.90. The van der Waals surface area contributed by atoms with Gasteiger partial charge in [0, 0.05) is 15.7 Å². The first-order valence-electron chi connectivity index (χ1n) is 6.92. The van der Waals surface area contributed by atoms with Gasteiger partial charge in [0.05, 0.1) is 0 Å². The lowest BCUT2D eigenvalue weighted by atomic mass is 9.96. The van der Waals surface area contributed by atoms with Crippen molar-refractivity contribution in [3.8, 4) is 0 Å². The smallest absolute Gasteiger partial charge is 0.251 e. The second kappa shape index (κ2) is 8.85. The predicted octanol–water partition coefficient (Wildman–Crippen LogP) is 3.14. The van der Waals surface area contributed by atoms with Crippen LogP contribution in [0.25, 0.3) is 0 Å². The Labute approximate surface area is 140 Å². The Morgan fingerprint density at radius 3 is 3.00 bits per heavy atom. The first-order valence-corrected chi connectivity index (χ1v) is 8.00. The number of amides is 1. The van der Waals surface area contributed by atoms with Gasteiger partial charge in [0.2, 0.25) is 0 Å². The highest BCUT2D eigenvalue weighted by molar-refractivity contribution is 14.1. The van der Waals surface area contributed by atoms with Crippen molar-refractivity contribution in [2.24, 2.45) is 5.92 Å². The molecule has 1 aliphatic heterocycles. The molecule has 1 aliphatic rings. The molecule has 0 aromatic heterocycles. The van der Waals surface area contributed by atoms with Crippen LogP contribution in [0.2, 0.25) is 0 Å². The van der Waals surface area contributed by atoms with Gasteiger partial charge in [0.15, 0.2) is 0 Å². The minimum atomic E-state index is 0. The molecule has 0 spiro atoms. The van der Waals surface area contributed by atoms with Crippen LogP contribution in [0.3, 0.4) is 0 Å². The van der Waals surface area contributed by atoms with E-state index in [0.717, 1.165) is 40.8 Å². The number of nitrogens with one attached hydrogen (secondary N) is 2. The maximum atomic E-state index is 12.1. The molecule has 5 heteroatoms. The van der Waals surface area contributed by atoms with Gasteiger partial charge in [-0.1, -0.05) is 6.07 Å². The molecule has 20 heavy (non-hydrogen) atoms. The molecule has 1 heterocycles. The fourth-order valence-electron chi connectivity index (χ4n) is 2.51. The SMILES string of the molecule is Cc1c(I)cccc1C(=O)NCCC1CCCNC1.Cl. The Morgan fingerprint density at radius 2 is 2.30 bits per heavy atom. The predicted molar refractivity (Wildman–Crippen MR) is 93.7 cm³/mol. The lowest BCUT2D eigenvalue weighted by Crippen LogP contribution is -2.33. The topological polar surface area (TPSA) is 41.1 Å². The van der Waals surface area contributed by atoms with Crippen LogP contribution < -0.4 is 10.6 Å². The second-order valence-electron chi connectivity index (χ2n) is 5.17. The summed E-state index contributed by atoms with van der Waals surface area (Å²) in [6.45, 7) is 5.01. The summed E-state index contributed by atoms with van der Waals surface area (Å²) >= 11 is 2.27. The Bertz CT molecular complexity index is 447. The van der Waals surface area contributed by atoms with Crippen molar-refractivity contribution >= 4 is 40.9 Å². The highest BCUT2D eigenvalue weighted by atomic mass is 127. The zero-order valence-corrected chi connectivity index (χ0v) is 14.7. The monoisotopic (exact) mass is 408 g/mol. The summed E-state index contributed by atoms with van der Waals surface area (Å²) in [5, 5.41) is 6.45. The van der Waals surface area contributed by atoms with E-state index in [2.05, 4.69) is 33.2 Å². The number of hydrogen-bond acceptors (Lipinski definition) is 2. The van der Waals surface area contributed by atoms with E-state index in [1.807, 2.05) is 25.1 Å². The average molecular weight is 409 g/mol. The third-order valence-electron chi connectivity index (χ3n) is 3.75. The molecule has 0 saturated carbocycles. The number of halogens is 2. The highest BCUT2D eigenvalue weighted by Crippen LogP contribution is 2.16. The van der Waals surface area contributed by atoms with Crippen molar-refractivity contribution in [3.05, 3.63) is 32.9 Å². The summed E-state index contributed by atoms with van der Waals surface area (Å²) in [5.74, 6) is 0.769. The van der Waals surface area contributed by atoms with E-state index < -0.39 is 0 Å². The molecule has 0 radical (unpaired) electrons. The summed E-state index contributed by atoms with van der Waals surface area (Å²) < 4.78 is 1.14. The standard InChI is InChI=1S/C15H21IN2O.ClH/c1-11-13(5-2-6-14(11)16)15(19)18-9-7-12-4-3-8-17-10-12;/h2,5-6,12,17H,3-4,7-10H2,1H3,(H,18,19);1H. The molecule has 1 unspecified atom stereocenters. The van der Waals surface area contributed by atoms with E-state index in [1.54, 1.807) is 0 Å². The Balaban J connectivity index is 0.00000200. The van der Waals surface area contributed by atoms with Crippen LogP contribution in [0.5, 0.6) is 0 Å². The Morgan fingerprint density at radius 1 is 1.50 bits per heavy atom. The van der Waals surface area contributed by atoms with Gasteiger partial charge in [0.1, 0.15) is 0 Å². The Kier molecular flexibility index (Phi) is 7.84. The molecule has 1 aromatic rings. The molecule has 0 bridgehead atoms. The zero-order valence-electron chi connectivity index (χ0n) is 11.7. The van der Waals surface area contributed by atoms with Crippen LogP contribution in [0.1, 0.15) is 35.2 Å². The van der Waals surface area contributed by atoms with Gasteiger partial charge in [-0.05, 0) is 85.5 Å². The van der Waals surface area contributed by atoms with Gasteiger partial charge in [-0.15, -0.1) is 12.4 Å². The molecule has 1 atom stereocenters. The van der Waals surface area contributed by atoms with Crippen LogP contribution >= 0.6 is 35.0 Å². The van der Waals surface area contributed by atoms with Gasteiger partial charge in [-0.2, -0.15) is 0 Å². The van der Waals surface area contributed by atoms with Crippen molar-refractivity contribution in [2.75, 3.05) is 19.6 Å². The maximum Gasteiger partial charge on any atom is 0.251 e. The van der Waals surface area contributed by atoms with Crippen molar-refractivity contribution < 1.29 is 4.79 Å². The minimum Gasteiger partial charge on any atom is -0.352 e. The molecule has 1 saturated heterocycles. The lowest BCUT2D eigenvalue weighted by molar-refractivity contribution is 0.0950. The van der Waals surface area contributed by atoms with E-state index in [1.165, 1.54) is 12.8 Å². The molecule has 2 rings (SSSR count). The number of piperidine rings is 1. The average Bonchev–Trinajstić information content (AvgIpc) is 2.43. The van der Waals surface area contributed by atoms with Crippen molar-refractivity contribution in [3.63, 3.8) is 0 Å². The molecule has 2 N–H and O–H groups in total. The first-order chi connectivity index (χ1) is 9.18. The van der Waals surface area contributed by atoms with Crippen molar-refractivity contribution in [1.29, 1.82) is 0 Å². The van der Waals surface area contributed by atoms with Crippen LogP contribution in [0.4, 0.5) is 0 Å². The van der Waals surface area contributed by atoms with Crippen LogP contribution in [0.15, 0.2) is 18.2 Å². The van der Waals surface area contributed by atoms with Gasteiger partial charge < -0.3 is 10.6 Å². The van der Waals surface area contributed by atoms with Gasteiger partial charge in [0.25, 0.3) is 5.91 Å². The van der Waals surface area contributed by atoms with Crippen molar-refractivity contribution in [1.82, 2.24) is 10.6 Å². The van der Waals surface area contributed by atoms with E-state index in [4.69, 9.17) is 0 Å². The quantitative estimate of drug-likeness (QED) is 0.752. The largest absolute Gasteiger partial charge is 0.352 e. The number of carbonyl (C=O) groups is 1. The zero-order chi connectivity index (χ0) is 13.7. The fraction of sp³-hybridized carbons (Fsp3) is 0.533.